The minimum absolute atomic E-state index is 0.505. The van der Waals surface area contributed by atoms with E-state index in [4.69, 9.17) is 17.4 Å². The molecule has 0 saturated carbocycles. The van der Waals surface area contributed by atoms with Crippen molar-refractivity contribution in [2.75, 3.05) is 0 Å². The Hall–Kier alpha value is -2.35. The highest BCUT2D eigenvalue weighted by Crippen LogP contribution is 2.37. The smallest absolute Gasteiger partial charge is 0.224 e. The van der Waals surface area contributed by atoms with Gasteiger partial charge in [-0.05, 0) is 49.6 Å². The molecule has 2 heterocycles. The maximum absolute atomic E-state index is 12.7. The largest absolute Gasteiger partial charge is 0.345 e. The van der Waals surface area contributed by atoms with Crippen molar-refractivity contribution in [3.8, 4) is 0 Å². The van der Waals surface area contributed by atoms with Gasteiger partial charge in [0.25, 0.3) is 0 Å². The molecule has 0 aliphatic rings. The summed E-state index contributed by atoms with van der Waals surface area (Å²) in [5, 5.41) is 5.71. The predicted molar refractivity (Wildman–Crippen MR) is 116 cm³/mol. The van der Waals surface area contributed by atoms with E-state index >= 15 is 0 Å². The Kier molecular flexibility index (Phi) is 5.27. The van der Waals surface area contributed by atoms with Gasteiger partial charge >= 0.3 is 0 Å². The van der Waals surface area contributed by atoms with Gasteiger partial charge in [0.2, 0.25) is 10.0 Å². The molecule has 0 spiro atoms. The first kappa shape index (κ1) is 20.4. The Balaban J connectivity index is 2.22. The number of aryl methyl sites for hydroxylation is 2. The fourth-order valence-corrected chi connectivity index (χ4v) is 4.86. The van der Waals surface area contributed by atoms with Crippen LogP contribution in [0.5, 0.6) is 0 Å². The van der Waals surface area contributed by atoms with Crippen LogP contribution in [0.2, 0.25) is 0 Å². The van der Waals surface area contributed by atoms with Crippen molar-refractivity contribution < 1.29 is 8.42 Å². The number of thiocarbonyl (C=S) groups is 1. The number of hydrogen-bond donors (Lipinski definition) is 1. The Labute approximate surface area is 171 Å². The van der Waals surface area contributed by atoms with Crippen LogP contribution in [0.3, 0.4) is 0 Å². The van der Waals surface area contributed by atoms with Gasteiger partial charge in [0.05, 0.1) is 10.6 Å². The average Bonchev–Trinajstić information content (AvgIpc) is 2.95. The Morgan fingerprint density at radius 3 is 2.36 bits per heavy atom. The van der Waals surface area contributed by atoms with Crippen molar-refractivity contribution >= 4 is 27.1 Å². The minimum Gasteiger partial charge on any atom is -0.345 e. The summed E-state index contributed by atoms with van der Waals surface area (Å²) in [6.45, 7) is 5.54. The number of primary sulfonamides is 1. The molecule has 3 rings (SSSR count). The van der Waals surface area contributed by atoms with E-state index in [0.29, 0.717) is 16.1 Å². The zero-order valence-electron chi connectivity index (χ0n) is 16.3. The van der Waals surface area contributed by atoms with Crippen molar-refractivity contribution in [3.05, 3.63) is 88.5 Å². The molecule has 0 aliphatic heterocycles. The van der Waals surface area contributed by atoms with Crippen molar-refractivity contribution in [2.45, 2.75) is 25.5 Å². The number of nitrogens with two attached hydrogens (primary N) is 1. The van der Waals surface area contributed by atoms with Gasteiger partial charge in [-0.1, -0.05) is 48.1 Å². The van der Waals surface area contributed by atoms with Crippen molar-refractivity contribution in [2.24, 2.45) is 12.2 Å². The molecule has 0 bridgehead atoms. The summed E-state index contributed by atoms with van der Waals surface area (Å²) in [5.41, 5.74) is 4.80. The molecule has 0 fully saturated rings. The number of hydrogen-bond acceptors (Lipinski definition) is 4. The van der Waals surface area contributed by atoms with Gasteiger partial charge in [0, 0.05) is 25.1 Å². The highest BCUT2D eigenvalue weighted by atomic mass is 32.2. The van der Waals surface area contributed by atoms with Crippen LogP contribution in [0.15, 0.2) is 54.9 Å². The number of benzene rings is 1. The maximum Gasteiger partial charge on any atom is 0.224 e. The fourth-order valence-electron chi connectivity index (χ4n) is 3.49. The molecule has 0 saturated heterocycles. The molecule has 5 nitrogen and oxygen atoms in total. The molecule has 0 radical (unpaired) electrons. The van der Waals surface area contributed by atoms with E-state index < -0.39 is 14.8 Å². The topological polar surface area (TPSA) is 78.0 Å². The molecule has 2 aromatic heterocycles. The van der Waals surface area contributed by atoms with Crippen LogP contribution >= 0.6 is 12.2 Å². The second-order valence-electron chi connectivity index (χ2n) is 7.14. The molecule has 0 aliphatic carbocycles. The lowest BCUT2D eigenvalue weighted by Gasteiger charge is -2.28. The van der Waals surface area contributed by atoms with E-state index in [1.807, 2.05) is 55.8 Å². The van der Waals surface area contributed by atoms with Gasteiger partial charge in [0.15, 0.2) is 0 Å². The molecule has 2 N–H and O–H groups in total. The van der Waals surface area contributed by atoms with Gasteiger partial charge < -0.3 is 4.57 Å². The number of aromatic nitrogens is 2. The Bertz CT molecular complexity index is 1130. The van der Waals surface area contributed by atoms with Crippen molar-refractivity contribution in [1.82, 2.24) is 9.55 Å². The number of rotatable bonds is 5. The van der Waals surface area contributed by atoms with Gasteiger partial charge in [-0.15, -0.1) is 0 Å². The predicted octanol–water partition coefficient (Wildman–Crippen LogP) is 3.36. The monoisotopic (exact) mass is 413 g/mol. The van der Waals surface area contributed by atoms with E-state index in [-0.39, 0.29) is 0 Å². The quantitative estimate of drug-likeness (QED) is 0.514. The summed E-state index contributed by atoms with van der Waals surface area (Å²) in [5.74, 6) is 0. The minimum atomic E-state index is -4.00. The van der Waals surface area contributed by atoms with Gasteiger partial charge in [-0.3, -0.25) is 4.98 Å². The standard InChI is InChI=1S/C21H23N3O2S2/c1-14-7-9-16(10-8-14)20(27)19-15(2)12-18(24(19)4)21(3,28(22,25)26)17-6-5-11-23-13-17/h5-13H,1-4H3,(H2,22,25,26). The SMILES string of the molecule is Cc1ccc(C(=S)c2c(C)cc(C(C)(c3cccnc3)S(N)(=O)=O)n2C)cc1. The lowest BCUT2D eigenvalue weighted by molar-refractivity contribution is 0.556. The summed E-state index contributed by atoms with van der Waals surface area (Å²) >= 11 is 5.74. The fraction of sp³-hybridized carbons (Fsp3) is 0.238. The van der Waals surface area contributed by atoms with Crippen LogP contribution in [0.4, 0.5) is 0 Å². The lowest BCUT2D eigenvalue weighted by atomic mass is 9.98. The maximum atomic E-state index is 12.7. The normalized spacial score (nSPS) is 13.9. The zero-order chi connectivity index (χ0) is 20.7. The van der Waals surface area contributed by atoms with Crippen molar-refractivity contribution in [1.29, 1.82) is 0 Å². The molecule has 146 valence electrons. The highest BCUT2D eigenvalue weighted by Gasteiger charge is 2.43. The van der Waals surface area contributed by atoms with Gasteiger partial charge in [0.1, 0.15) is 4.75 Å². The molecule has 7 heteroatoms. The van der Waals surface area contributed by atoms with E-state index in [1.165, 1.54) is 6.20 Å². The molecule has 1 atom stereocenters. The Morgan fingerprint density at radius 2 is 1.82 bits per heavy atom. The van der Waals surface area contributed by atoms with Crippen LogP contribution < -0.4 is 5.14 Å². The highest BCUT2D eigenvalue weighted by molar-refractivity contribution is 7.90. The van der Waals surface area contributed by atoms with Crippen LogP contribution in [0.1, 0.15) is 40.6 Å². The Morgan fingerprint density at radius 1 is 1.18 bits per heavy atom. The molecular formula is C21H23N3O2S2. The van der Waals surface area contributed by atoms with E-state index in [1.54, 1.807) is 25.3 Å². The second kappa shape index (κ2) is 7.24. The molecular weight excluding hydrogens is 390 g/mol. The van der Waals surface area contributed by atoms with Crippen LogP contribution in [-0.4, -0.2) is 22.8 Å². The van der Waals surface area contributed by atoms with E-state index in [0.717, 1.165) is 22.4 Å². The summed E-state index contributed by atoms with van der Waals surface area (Å²) in [4.78, 5) is 4.75. The lowest BCUT2D eigenvalue weighted by Crippen LogP contribution is -2.41. The number of sulfonamides is 1. The first-order chi connectivity index (χ1) is 13.1. The first-order valence-electron chi connectivity index (χ1n) is 8.78. The van der Waals surface area contributed by atoms with Crippen LogP contribution in [-0.2, 0) is 21.8 Å². The molecule has 3 aromatic rings. The van der Waals surface area contributed by atoms with Gasteiger partial charge in [-0.2, -0.15) is 0 Å². The number of nitrogens with zero attached hydrogens (tertiary/aromatic N) is 2. The van der Waals surface area contributed by atoms with Crippen molar-refractivity contribution in [3.63, 3.8) is 0 Å². The van der Waals surface area contributed by atoms with E-state index in [2.05, 4.69) is 4.98 Å². The summed E-state index contributed by atoms with van der Waals surface area (Å²) in [6.07, 6.45) is 3.13. The van der Waals surface area contributed by atoms with Crippen LogP contribution in [0.25, 0.3) is 0 Å². The van der Waals surface area contributed by atoms with Crippen LogP contribution in [0, 0.1) is 13.8 Å². The third kappa shape index (κ3) is 3.30. The molecule has 1 unspecified atom stereocenters. The average molecular weight is 414 g/mol. The third-order valence-corrected chi connectivity index (χ3v) is 7.23. The molecule has 1 aromatic carbocycles. The summed E-state index contributed by atoms with van der Waals surface area (Å²) < 4.78 is 25.8. The summed E-state index contributed by atoms with van der Waals surface area (Å²) in [6, 6.07) is 13.2. The van der Waals surface area contributed by atoms with Gasteiger partial charge in [-0.25, -0.2) is 13.6 Å². The molecule has 28 heavy (non-hydrogen) atoms. The zero-order valence-corrected chi connectivity index (χ0v) is 17.9. The first-order valence-corrected chi connectivity index (χ1v) is 10.7. The number of pyridine rings is 1. The van der Waals surface area contributed by atoms with E-state index in [9.17, 15) is 8.42 Å². The summed E-state index contributed by atoms with van der Waals surface area (Å²) in [7, 11) is -2.18. The second-order valence-corrected chi connectivity index (χ2v) is 9.45. The third-order valence-electron chi connectivity index (χ3n) is 5.22. The molecule has 0 amide bonds.